The average molecular weight is 338 g/mol. The molecule has 4 nitrogen and oxygen atoms in total. The highest BCUT2D eigenvalue weighted by Crippen LogP contribution is 2.37. The van der Waals surface area contributed by atoms with E-state index in [4.69, 9.17) is 0 Å². The first kappa shape index (κ1) is 15.5. The molecule has 0 amide bonds. The summed E-state index contributed by atoms with van der Waals surface area (Å²) in [6.07, 6.45) is 3.94. The zero-order valence-corrected chi connectivity index (χ0v) is 14.9. The molecule has 124 valence electrons. The standard InChI is InChI=1S/C19H22N4S/c1-12-3-4-14(9-13(12)2)16-10-24-19-17(16)18(21-11-22-19)23-15-5-7-20-8-6-15/h3-4,9-11,15,20H,5-8H2,1-2H3,(H,21,22,23). The second-order valence-corrected chi connectivity index (χ2v) is 7.38. The number of aryl methyl sites for hydroxylation is 2. The van der Waals surface area contributed by atoms with Crippen molar-refractivity contribution in [3.63, 3.8) is 0 Å². The lowest BCUT2D eigenvalue weighted by molar-refractivity contribution is 0.478. The second kappa shape index (κ2) is 6.49. The van der Waals surface area contributed by atoms with Gasteiger partial charge in [0.1, 0.15) is 17.0 Å². The third kappa shape index (κ3) is 2.89. The van der Waals surface area contributed by atoms with E-state index in [1.807, 2.05) is 0 Å². The molecule has 0 unspecified atom stereocenters. The predicted molar refractivity (Wildman–Crippen MR) is 102 cm³/mol. The number of hydrogen-bond donors (Lipinski definition) is 2. The van der Waals surface area contributed by atoms with E-state index in [1.54, 1.807) is 17.7 Å². The topological polar surface area (TPSA) is 49.8 Å². The molecule has 0 bridgehead atoms. The smallest absolute Gasteiger partial charge is 0.139 e. The SMILES string of the molecule is Cc1ccc(-c2csc3ncnc(NC4CCNCC4)c23)cc1C. The van der Waals surface area contributed by atoms with Crippen LogP contribution in [0.5, 0.6) is 0 Å². The zero-order chi connectivity index (χ0) is 16.5. The minimum atomic E-state index is 0.483. The highest BCUT2D eigenvalue weighted by atomic mass is 32.1. The van der Waals surface area contributed by atoms with Crippen molar-refractivity contribution in [3.8, 4) is 11.1 Å². The summed E-state index contributed by atoms with van der Waals surface area (Å²) in [6, 6.07) is 7.14. The Kier molecular flexibility index (Phi) is 4.21. The van der Waals surface area contributed by atoms with Crippen LogP contribution in [-0.4, -0.2) is 29.1 Å². The molecule has 3 heterocycles. The minimum Gasteiger partial charge on any atom is -0.367 e. The second-order valence-electron chi connectivity index (χ2n) is 6.52. The first-order valence-corrected chi connectivity index (χ1v) is 9.37. The molecule has 1 fully saturated rings. The van der Waals surface area contributed by atoms with Crippen molar-refractivity contribution in [2.75, 3.05) is 18.4 Å². The van der Waals surface area contributed by atoms with Gasteiger partial charge in [-0.2, -0.15) is 0 Å². The first-order valence-electron chi connectivity index (χ1n) is 8.49. The Bertz CT molecular complexity index is 865. The molecule has 5 heteroatoms. The van der Waals surface area contributed by atoms with E-state index in [9.17, 15) is 0 Å². The average Bonchev–Trinajstić information content (AvgIpc) is 3.03. The number of aromatic nitrogens is 2. The number of anilines is 1. The van der Waals surface area contributed by atoms with E-state index in [2.05, 4.69) is 58.0 Å². The Morgan fingerprint density at radius 2 is 1.96 bits per heavy atom. The van der Waals surface area contributed by atoms with Gasteiger partial charge in [0.15, 0.2) is 0 Å². The molecule has 1 aliphatic heterocycles. The molecule has 1 aliphatic rings. The third-order valence-corrected chi connectivity index (χ3v) is 5.75. The molecule has 1 aromatic carbocycles. The molecular weight excluding hydrogens is 316 g/mol. The van der Waals surface area contributed by atoms with Crippen LogP contribution in [0.3, 0.4) is 0 Å². The summed E-state index contributed by atoms with van der Waals surface area (Å²) < 4.78 is 0. The Labute approximate surface area is 146 Å². The Balaban J connectivity index is 1.77. The molecule has 3 aromatic rings. The van der Waals surface area contributed by atoms with Crippen LogP contribution in [0.2, 0.25) is 0 Å². The van der Waals surface area contributed by atoms with Crippen molar-refractivity contribution >= 4 is 27.4 Å². The Morgan fingerprint density at radius 3 is 2.75 bits per heavy atom. The van der Waals surface area contributed by atoms with Gasteiger partial charge >= 0.3 is 0 Å². The molecule has 24 heavy (non-hydrogen) atoms. The fourth-order valence-electron chi connectivity index (χ4n) is 3.27. The summed E-state index contributed by atoms with van der Waals surface area (Å²) in [5, 5.41) is 10.4. The molecule has 2 N–H and O–H groups in total. The van der Waals surface area contributed by atoms with E-state index < -0.39 is 0 Å². The van der Waals surface area contributed by atoms with Crippen molar-refractivity contribution in [2.45, 2.75) is 32.7 Å². The Morgan fingerprint density at radius 1 is 1.12 bits per heavy atom. The molecule has 4 rings (SSSR count). The highest BCUT2D eigenvalue weighted by Gasteiger charge is 2.18. The number of thiophene rings is 1. The van der Waals surface area contributed by atoms with Gasteiger partial charge in [0, 0.05) is 17.0 Å². The van der Waals surface area contributed by atoms with E-state index in [0.717, 1.165) is 42.0 Å². The van der Waals surface area contributed by atoms with E-state index in [-0.39, 0.29) is 0 Å². The van der Waals surface area contributed by atoms with Gasteiger partial charge in [-0.25, -0.2) is 9.97 Å². The molecule has 1 saturated heterocycles. The number of piperidine rings is 1. The Hall–Kier alpha value is -1.98. The van der Waals surface area contributed by atoms with Crippen molar-refractivity contribution in [1.29, 1.82) is 0 Å². The van der Waals surface area contributed by atoms with Gasteiger partial charge in [0.05, 0.1) is 5.39 Å². The van der Waals surface area contributed by atoms with Crippen molar-refractivity contribution < 1.29 is 0 Å². The minimum absolute atomic E-state index is 0.483. The molecule has 0 aliphatic carbocycles. The maximum Gasteiger partial charge on any atom is 0.139 e. The monoisotopic (exact) mass is 338 g/mol. The van der Waals surface area contributed by atoms with E-state index >= 15 is 0 Å². The maximum absolute atomic E-state index is 4.56. The van der Waals surface area contributed by atoms with Gasteiger partial charge < -0.3 is 10.6 Å². The molecule has 0 radical (unpaired) electrons. The number of fused-ring (bicyclic) bond motifs is 1. The summed E-state index contributed by atoms with van der Waals surface area (Å²) in [5.74, 6) is 0.973. The molecule has 0 spiro atoms. The van der Waals surface area contributed by atoms with Gasteiger partial charge in [-0.3, -0.25) is 0 Å². The molecule has 2 aromatic heterocycles. The third-order valence-electron chi connectivity index (χ3n) is 4.87. The maximum atomic E-state index is 4.56. The van der Waals surface area contributed by atoms with Crippen molar-refractivity contribution in [2.24, 2.45) is 0 Å². The van der Waals surface area contributed by atoms with Crippen LogP contribution >= 0.6 is 11.3 Å². The molecular formula is C19H22N4S. The quantitative estimate of drug-likeness (QED) is 0.753. The van der Waals surface area contributed by atoms with E-state index in [0.29, 0.717) is 6.04 Å². The lowest BCUT2D eigenvalue weighted by Crippen LogP contribution is -2.35. The van der Waals surface area contributed by atoms with Crippen molar-refractivity contribution in [1.82, 2.24) is 15.3 Å². The highest BCUT2D eigenvalue weighted by molar-refractivity contribution is 7.17. The van der Waals surface area contributed by atoms with Gasteiger partial charge in [0.2, 0.25) is 0 Å². The van der Waals surface area contributed by atoms with Gasteiger partial charge in [-0.05, 0) is 56.5 Å². The molecule has 0 saturated carbocycles. The summed E-state index contributed by atoms with van der Waals surface area (Å²) in [7, 11) is 0. The number of nitrogens with zero attached hydrogens (tertiary/aromatic N) is 2. The van der Waals surface area contributed by atoms with Gasteiger partial charge in [-0.1, -0.05) is 18.2 Å². The van der Waals surface area contributed by atoms with Crippen LogP contribution in [0.1, 0.15) is 24.0 Å². The van der Waals surface area contributed by atoms with Gasteiger partial charge in [0.25, 0.3) is 0 Å². The largest absolute Gasteiger partial charge is 0.367 e. The number of rotatable bonds is 3. The van der Waals surface area contributed by atoms with Crippen LogP contribution in [-0.2, 0) is 0 Å². The van der Waals surface area contributed by atoms with Crippen LogP contribution in [0.15, 0.2) is 29.9 Å². The fourth-order valence-corrected chi connectivity index (χ4v) is 4.18. The predicted octanol–water partition coefficient (Wildman–Crippen LogP) is 4.14. The first-order chi connectivity index (χ1) is 11.7. The lowest BCUT2D eigenvalue weighted by atomic mass is 10.0. The summed E-state index contributed by atoms with van der Waals surface area (Å²) in [6.45, 7) is 6.45. The number of nitrogens with one attached hydrogen (secondary N) is 2. The summed E-state index contributed by atoms with van der Waals surface area (Å²) in [5.41, 5.74) is 5.11. The zero-order valence-electron chi connectivity index (χ0n) is 14.1. The number of benzene rings is 1. The summed E-state index contributed by atoms with van der Waals surface area (Å²) in [4.78, 5) is 10.1. The van der Waals surface area contributed by atoms with Crippen LogP contribution in [0.4, 0.5) is 5.82 Å². The van der Waals surface area contributed by atoms with Crippen LogP contribution in [0.25, 0.3) is 21.3 Å². The lowest BCUT2D eigenvalue weighted by Gasteiger charge is -2.24. The van der Waals surface area contributed by atoms with E-state index in [1.165, 1.54) is 22.3 Å². The fraction of sp³-hybridized carbons (Fsp3) is 0.368. The van der Waals surface area contributed by atoms with Crippen LogP contribution < -0.4 is 10.6 Å². The normalized spacial score (nSPS) is 15.8. The number of hydrogen-bond acceptors (Lipinski definition) is 5. The van der Waals surface area contributed by atoms with Crippen molar-refractivity contribution in [3.05, 3.63) is 41.0 Å². The summed E-state index contributed by atoms with van der Waals surface area (Å²) >= 11 is 1.69. The molecule has 0 atom stereocenters. The van der Waals surface area contributed by atoms with Crippen LogP contribution in [0, 0.1) is 13.8 Å². The van der Waals surface area contributed by atoms with Gasteiger partial charge in [-0.15, -0.1) is 11.3 Å².